The SMILES string of the molecule is Cc1ccc(-n2nc(C(=O)N3CCN(S(=O)(=O)/C=C/c4ccccc4)CC3)c3c2CCC3)cc1. The molecule has 2 aliphatic rings. The molecule has 1 fully saturated rings. The number of aryl methyl sites for hydroxylation is 1. The first-order valence-corrected chi connectivity index (χ1v) is 13.1. The summed E-state index contributed by atoms with van der Waals surface area (Å²) in [6, 6.07) is 17.5. The first-order valence-electron chi connectivity index (χ1n) is 11.6. The second-order valence-corrected chi connectivity index (χ2v) is 10.6. The highest BCUT2D eigenvalue weighted by atomic mass is 32.2. The van der Waals surface area contributed by atoms with E-state index in [4.69, 9.17) is 5.10 Å². The number of hydrogen-bond acceptors (Lipinski definition) is 4. The number of nitrogens with zero attached hydrogens (tertiary/aromatic N) is 4. The Hall–Kier alpha value is -3.23. The van der Waals surface area contributed by atoms with Crippen molar-refractivity contribution < 1.29 is 13.2 Å². The molecular formula is C26H28N4O3S. The zero-order valence-corrected chi connectivity index (χ0v) is 20.0. The Balaban J connectivity index is 1.30. The van der Waals surface area contributed by atoms with Gasteiger partial charge in [-0.3, -0.25) is 4.79 Å². The molecule has 8 heteroatoms. The molecule has 0 saturated carbocycles. The Kier molecular flexibility index (Phi) is 6.10. The van der Waals surface area contributed by atoms with Crippen LogP contribution in [-0.4, -0.2) is 59.5 Å². The number of piperazine rings is 1. The third-order valence-corrected chi connectivity index (χ3v) is 8.09. The maximum Gasteiger partial charge on any atom is 0.274 e. The number of carbonyl (C=O) groups excluding carboxylic acids is 1. The van der Waals surface area contributed by atoms with Gasteiger partial charge in [0.05, 0.1) is 5.69 Å². The summed E-state index contributed by atoms with van der Waals surface area (Å²) in [6.07, 6.45) is 4.37. The Morgan fingerprint density at radius 3 is 2.35 bits per heavy atom. The molecule has 7 nitrogen and oxygen atoms in total. The molecule has 0 atom stereocenters. The van der Waals surface area contributed by atoms with Crippen molar-refractivity contribution >= 4 is 22.0 Å². The van der Waals surface area contributed by atoms with Crippen LogP contribution in [0.2, 0.25) is 0 Å². The predicted octanol–water partition coefficient (Wildman–Crippen LogP) is 3.43. The molecular weight excluding hydrogens is 448 g/mol. The molecule has 1 aliphatic carbocycles. The van der Waals surface area contributed by atoms with Crippen LogP contribution in [0, 0.1) is 6.92 Å². The van der Waals surface area contributed by atoms with Gasteiger partial charge in [-0.25, -0.2) is 13.1 Å². The number of hydrogen-bond donors (Lipinski definition) is 0. The standard InChI is InChI=1S/C26H28N4O3S/c1-20-10-12-22(13-11-20)30-24-9-5-8-23(24)25(27-30)26(31)28-15-17-29(18-16-28)34(32,33)19-14-21-6-3-2-4-7-21/h2-4,6-7,10-14,19H,5,8-9,15-18H2,1H3/b19-14+. The molecule has 0 spiro atoms. The Morgan fingerprint density at radius 1 is 0.941 bits per heavy atom. The van der Waals surface area contributed by atoms with E-state index in [1.807, 2.05) is 66.2 Å². The van der Waals surface area contributed by atoms with E-state index < -0.39 is 10.0 Å². The molecule has 0 unspecified atom stereocenters. The van der Waals surface area contributed by atoms with Crippen molar-refractivity contribution in [3.63, 3.8) is 0 Å². The van der Waals surface area contributed by atoms with E-state index >= 15 is 0 Å². The largest absolute Gasteiger partial charge is 0.335 e. The van der Waals surface area contributed by atoms with Crippen LogP contribution in [-0.2, 0) is 22.9 Å². The fourth-order valence-corrected chi connectivity index (χ4v) is 5.79. The van der Waals surface area contributed by atoms with Gasteiger partial charge in [-0.2, -0.15) is 9.40 Å². The topological polar surface area (TPSA) is 75.5 Å². The van der Waals surface area contributed by atoms with Crippen LogP contribution in [0.5, 0.6) is 0 Å². The van der Waals surface area contributed by atoms with Crippen molar-refractivity contribution in [2.45, 2.75) is 26.2 Å². The van der Waals surface area contributed by atoms with Gasteiger partial charge in [0.1, 0.15) is 0 Å². The van der Waals surface area contributed by atoms with Gasteiger partial charge in [-0.15, -0.1) is 0 Å². The smallest absolute Gasteiger partial charge is 0.274 e. The lowest BCUT2D eigenvalue weighted by Crippen LogP contribution is -2.50. The van der Waals surface area contributed by atoms with E-state index in [0.29, 0.717) is 18.8 Å². The third kappa shape index (κ3) is 4.43. The van der Waals surface area contributed by atoms with Gasteiger partial charge in [-0.05, 0) is 50.0 Å². The average Bonchev–Trinajstić information content (AvgIpc) is 3.47. The first-order chi connectivity index (χ1) is 16.4. The molecule has 176 valence electrons. The van der Waals surface area contributed by atoms with Gasteiger partial charge < -0.3 is 4.90 Å². The molecule has 0 N–H and O–H groups in total. The number of rotatable bonds is 5. The van der Waals surface area contributed by atoms with Crippen molar-refractivity contribution in [2.75, 3.05) is 26.2 Å². The van der Waals surface area contributed by atoms with Crippen LogP contribution in [0.25, 0.3) is 11.8 Å². The van der Waals surface area contributed by atoms with E-state index in [1.165, 1.54) is 15.3 Å². The second-order valence-electron chi connectivity index (χ2n) is 8.82. The van der Waals surface area contributed by atoms with Crippen molar-refractivity contribution in [2.24, 2.45) is 0 Å². The van der Waals surface area contributed by atoms with E-state index in [0.717, 1.165) is 41.8 Å². The monoisotopic (exact) mass is 476 g/mol. The molecule has 2 heterocycles. The second kappa shape index (κ2) is 9.19. The molecule has 3 aromatic rings. The minimum absolute atomic E-state index is 0.110. The van der Waals surface area contributed by atoms with Crippen LogP contribution < -0.4 is 0 Å². The number of sulfonamides is 1. The van der Waals surface area contributed by atoms with Crippen LogP contribution in [0.3, 0.4) is 0 Å². The summed E-state index contributed by atoms with van der Waals surface area (Å²) in [7, 11) is -3.55. The molecule has 34 heavy (non-hydrogen) atoms. The summed E-state index contributed by atoms with van der Waals surface area (Å²) in [5.74, 6) is -0.110. The van der Waals surface area contributed by atoms with Crippen molar-refractivity contribution in [3.05, 3.63) is 88.1 Å². The lowest BCUT2D eigenvalue weighted by atomic mass is 10.1. The molecule has 0 bridgehead atoms. The van der Waals surface area contributed by atoms with Crippen molar-refractivity contribution in [3.8, 4) is 5.69 Å². The summed E-state index contributed by atoms with van der Waals surface area (Å²) in [6.45, 7) is 3.29. The fraction of sp³-hybridized carbons (Fsp3) is 0.308. The zero-order valence-electron chi connectivity index (χ0n) is 19.2. The molecule has 1 saturated heterocycles. The normalized spacial score (nSPS) is 16.8. The van der Waals surface area contributed by atoms with Crippen LogP contribution in [0.4, 0.5) is 0 Å². The number of fused-ring (bicyclic) bond motifs is 1. The molecule has 1 aromatic heterocycles. The van der Waals surface area contributed by atoms with Gasteiger partial charge in [-0.1, -0.05) is 48.0 Å². The summed E-state index contributed by atoms with van der Waals surface area (Å²) in [4.78, 5) is 15.1. The molecule has 5 rings (SSSR count). The van der Waals surface area contributed by atoms with E-state index in [1.54, 1.807) is 11.0 Å². The minimum Gasteiger partial charge on any atom is -0.335 e. The average molecular weight is 477 g/mol. The molecule has 0 radical (unpaired) electrons. The van der Waals surface area contributed by atoms with Gasteiger partial charge >= 0.3 is 0 Å². The molecule has 2 aromatic carbocycles. The van der Waals surface area contributed by atoms with Crippen LogP contribution >= 0.6 is 0 Å². The number of benzene rings is 2. The highest BCUT2D eigenvalue weighted by Crippen LogP contribution is 2.29. The number of amides is 1. The highest BCUT2D eigenvalue weighted by Gasteiger charge is 2.33. The molecule has 1 amide bonds. The minimum atomic E-state index is -3.55. The fourth-order valence-electron chi connectivity index (χ4n) is 4.62. The van der Waals surface area contributed by atoms with Crippen LogP contribution in [0.1, 0.15) is 39.3 Å². The maximum atomic E-state index is 13.4. The van der Waals surface area contributed by atoms with Crippen molar-refractivity contribution in [1.29, 1.82) is 0 Å². The first kappa shape index (κ1) is 22.6. The van der Waals surface area contributed by atoms with Gasteiger partial charge in [0.2, 0.25) is 10.0 Å². The predicted molar refractivity (Wildman–Crippen MR) is 132 cm³/mol. The summed E-state index contributed by atoms with van der Waals surface area (Å²) >= 11 is 0. The van der Waals surface area contributed by atoms with Gasteiger partial charge in [0, 0.05) is 42.8 Å². The Bertz CT molecular complexity index is 1320. The maximum absolute atomic E-state index is 13.4. The quantitative estimate of drug-likeness (QED) is 0.566. The lowest BCUT2D eigenvalue weighted by Gasteiger charge is -2.33. The Labute approximate surface area is 200 Å². The van der Waals surface area contributed by atoms with Crippen molar-refractivity contribution in [1.82, 2.24) is 19.0 Å². The number of aromatic nitrogens is 2. The Morgan fingerprint density at radius 2 is 1.65 bits per heavy atom. The highest BCUT2D eigenvalue weighted by molar-refractivity contribution is 7.92. The summed E-state index contributed by atoms with van der Waals surface area (Å²) in [5, 5.41) is 5.97. The van der Waals surface area contributed by atoms with E-state index in [9.17, 15) is 13.2 Å². The van der Waals surface area contributed by atoms with E-state index in [2.05, 4.69) is 0 Å². The summed E-state index contributed by atoms with van der Waals surface area (Å²) < 4.78 is 28.9. The zero-order chi connectivity index (χ0) is 23.7. The summed E-state index contributed by atoms with van der Waals surface area (Å²) in [5.41, 5.74) is 5.62. The van der Waals surface area contributed by atoms with E-state index in [-0.39, 0.29) is 19.0 Å². The van der Waals surface area contributed by atoms with Crippen LogP contribution in [0.15, 0.2) is 60.0 Å². The third-order valence-electron chi connectivity index (χ3n) is 6.53. The number of carbonyl (C=O) groups is 1. The lowest BCUT2D eigenvalue weighted by molar-refractivity contribution is 0.0691. The van der Waals surface area contributed by atoms with Gasteiger partial charge in [0.25, 0.3) is 5.91 Å². The molecule has 1 aliphatic heterocycles. The van der Waals surface area contributed by atoms with Gasteiger partial charge in [0.15, 0.2) is 5.69 Å².